The van der Waals surface area contributed by atoms with E-state index in [9.17, 15) is 9.59 Å². The van der Waals surface area contributed by atoms with E-state index in [4.69, 9.17) is 10.5 Å². The molecule has 2 amide bonds. The summed E-state index contributed by atoms with van der Waals surface area (Å²) in [5.41, 5.74) is 4.86. The summed E-state index contributed by atoms with van der Waals surface area (Å²) in [6, 6.07) is -0.243. The molecular weight excluding hydrogens is 246 g/mol. The number of primary amides is 1. The van der Waals surface area contributed by atoms with Crippen LogP contribution < -0.4 is 5.73 Å². The normalized spacial score (nSPS) is 28.1. The van der Waals surface area contributed by atoms with Gasteiger partial charge >= 0.3 is 6.09 Å². The van der Waals surface area contributed by atoms with Gasteiger partial charge in [-0.25, -0.2) is 4.79 Å². The number of hydrogen-bond donors (Lipinski definition) is 1. The second kappa shape index (κ2) is 5.00. The lowest BCUT2D eigenvalue weighted by Gasteiger charge is -2.42. The number of piperazine rings is 1. The van der Waals surface area contributed by atoms with E-state index in [0.717, 1.165) is 19.4 Å². The summed E-state index contributed by atoms with van der Waals surface area (Å²) >= 11 is 0. The van der Waals surface area contributed by atoms with Gasteiger partial charge in [-0.1, -0.05) is 0 Å². The first-order chi connectivity index (χ1) is 8.78. The second-order valence-corrected chi connectivity index (χ2v) is 6.34. The van der Waals surface area contributed by atoms with Crippen LogP contribution in [0.1, 0.15) is 33.6 Å². The van der Waals surface area contributed by atoms with Crippen molar-refractivity contribution in [2.24, 2.45) is 5.73 Å². The molecule has 19 heavy (non-hydrogen) atoms. The summed E-state index contributed by atoms with van der Waals surface area (Å²) in [5, 5.41) is 0. The minimum absolute atomic E-state index is 0.336. The highest BCUT2D eigenvalue weighted by Crippen LogP contribution is 2.25. The third-order valence-electron chi connectivity index (χ3n) is 3.65. The largest absolute Gasteiger partial charge is 0.444 e. The van der Waals surface area contributed by atoms with Crippen molar-refractivity contribution in [3.05, 3.63) is 0 Å². The van der Waals surface area contributed by atoms with Crippen LogP contribution in [-0.2, 0) is 9.53 Å². The standard InChI is InChI=1S/C13H23N3O3/c1-13(2,3)19-12(18)16-7-9-5-4-6-15(9)8-10(16)11(14)17/h9-10H,4-8H2,1-3H3,(H2,14,17)/t9-,10-/m0/s1. The van der Waals surface area contributed by atoms with Gasteiger partial charge in [-0.15, -0.1) is 0 Å². The molecule has 0 aromatic rings. The topological polar surface area (TPSA) is 75.9 Å². The highest BCUT2D eigenvalue weighted by molar-refractivity contribution is 5.85. The summed E-state index contributed by atoms with van der Waals surface area (Å²) in [6.45, 7) is 7.49. The molecule has 0 spiro atoms. The average molecular weight is 269 g/mol. The second-order valence-electron chi connectivity index (χ2n) is 6.34. The number of carbonyl (C=O) groups excluding carboxylic acids is 2. The molecule has 6 heteroatoms. The summed E-state index contributed by atoms with van der Waals surface area (Å²) < 4.78 is 5.37. The highest BCUT2D eigenvalue weighted by Gasteiger charge is 2.42. The van der Waals surface area contributed by atoms with E-state index in [0.29, 0.717) is 19.1 Å². The van der Waals surface area contributed by atoms with E-state index in [2.05, 4.69) is 4.90 Å². The number of carbonyl (C=O) groups is 2. The van der Waals surface area contributed by atoms with Gasteiger partial charge in [0.25, 0.3) is 0 Å². The number of nitrogens with zero attached hydrogens (tertiary/aromatic N) is 2. The van der Waals surface area contributed by atoms with Gasteiger partial charge in [0, 0.05) is 19.1 Å². The van der Waals surface area contributed by atoms with Crippen LogP contribution in [0.25, 0.3) is 0 Å². The number of nitrogens with two attached hydrogens (primary N) is 1. The Kier molecular flexibility index (Phi) is 3.71. The lowest BCUT2D eigenvalue weighted by Crippen LogP contribution is -2.62. The number of rotatable bonds is 1. The predicted octanol–water partition coefficient (Wildman–Crippen LogP) is 0.555. The van der Waals surface area contributed by atoms with Gasteiger partial charge < -0.3 is 10.5 Å². The summed E-state index contributed by atoms with van der Waals surface area (Å²) in [7, 11) is 0. The molecule has 2 heterocycles. The van der Waals surface area contributed by atoms with Crippen molar-refractivity contribution in [2.75, 3.05) is 19.6 Å². The van der Waals surface area contributed by atoms with E-state index in [1.165, 1.54) is 4.90 Å². The van der Waals surface area contributed by atoms with Crippen LogP contribution in [0.2, 0.25) is 0 Å². The fourth-order valence-electron chi connectivity index (χ4n) is 2.78. The average Bonchev–Trinajstić information content (AvgIpc) is 2.71. The van der Waals surface area contributed by atoms with Gasteiger partial charge in [0.15, 0.2) is 0 Å². The Labute approximate surface area is 113 Å². The van der Waals surface area contributed by atoms with Crippen molar-refractivity contribution in [1.82, 2.24) is 9.80 Å². The third-order valence-corrected chi connectivity index (χ3v) is 3.65. The molecule has 2 atom stereocenters. The molecule has 6 nitrogen and oxygen atoms in total. The Bertz CT molecular complexity index is 378. The van der Waals surface area contributed by atoms with Crippen molar-refractivity contribution >= 4 is 12.0 Å². The Balaban J connectivity index is 2.11. The van der Waals surface area contributed by atoms with Crippen LogP contribution in [0.15, 0.2) is 0 Å². The molecule has 0 aromatic carbocycles. The first-order valence-electron chi connectivity index (χ1n) is 6.81. The van der Waals surface area contributed by atoms with Crippen LogP contribution in [0.3, 0.4) is 0 Å². The van der Waals surface area contributed by atoms with E-state index in [1.54, 1.807) is 0 Å². The minimum atomic E-state index is -0.579. The SMILES string of the molecule is CC(C)(C)OC(=O)N1C[C@@H]2CCCN2C[C@H]1C(N)=O. The van der Waals surface area contributed by atoms with Gasteiger partial charge in [-0.2, -0.15) is 0 Å². The third kappa shape index (κ3) is 3.18. The predicted molar refractivity (Wildman–Crippen MR) is 70.5 cm³/mol. The van der Waals surface area contributed by atoms with Crippen LogP contribution in [0, 0.1) is 0 Å². The van der Waals surface area contributed by atoms with E-state index in [1.807, 2.05) is 20.8 Å². The van der Waals surface area contributed by atoms with Crippen LogP contribution >= 0.6 is 0 Å². The lowest BCUT2D eigenvalue weighted by atomic mass is 10.1. The van der Waals surface area contributed by atoms with Crippen molar-refractivity contribution in [3.63, 3.8) is 0 Å². The fourth-order valence-corrected chi connectivity index (χ4v) is 2.78. The van der Waals surface area contributed by atoms with Gasteiger partial charge in [-0.05, 0) is 40.2 Å². The van der Waals surface area contributed by atoms with Gasteiger partial charge in [-0.3, -0.25) is 14.6 Å². The maximum Gasteiger partial charge on any atom is 0.411 e. The number of hydrogen-bond acceptors (Lipinski definition) is 4. The first-order valence-corrected chi connectivity index (χ1v) is 6.81. The van der Waals surface area contributed by atoms with Crippen molar-refractivity contribution in [1.29, 1.82) is 0 Å². The molecule has 2 N–H and O–H groups in total. The molecule has 2 fully saturated rings. The Hall–Kier alpha value is -1.30. The number of amides is 2. The van der Waals surface area contributed by atoms with Crippen LogP contribution in [0.4, 0.5) is 4.79 Å². The number of fused-ring (bicyclic) bond motifs is 1. The van der Waals surface area contributed by atoms with E-state index < -0.39 is 23.6 Å². The molecular formula is C13H23N3O3. The molecule has 0 aromatic heterocycles. The Morgan fingerprint density at radius 2 is 1.95 bits per heavy atom. The zero-order valence-electron chi connectivity index (χ0n) is 11.9. The maximum atomic E-state index is 12.2. The van der Waals surface area contributed by atoms with Crippen molar-refractivity contribution < 1.29 is 14.3 Å². The van der Waals surface area contributed by atoms with Crippen molar-refractivity contribution in [2.45, 2.75) is 51.3 Å². The van der Waals surface area contributed by atoms with E-state index in [-0.39, 0.29) is 0 Å². The molecule has 2 rings (SSSR count). The first kappa shape index (κ1) is 14.1. The molecule has 0 aliphatic carbocycles. The number of ether oxygens (including phenoxy) is 1. The zero-order valence-corrected chi connectivity index (χ0v) is 11.9. The molecule has 2 aliphatic rings. The monoisotopic (exact) mass is 269 g/mol. The molecule has 0 unspecified atom stereocenters. The lowest BCUT2D eigenvalue weighted by molar-refractivity contribution is -0.126. The van der Waals surface area contributed by atoms with Gasteiger partial charge in [0.2, 0.25) is 5.91 Å². The van der Waals surface area contributed by atoms with Gasteiger partial charge in [0.05, 0.1) is 0 Å². The Morgan fingerprint density at radius 3 is 2.53 bits per heavy atom. The smallest absolute Gasteiger partial charge is 0.411 e. The zero-order chi connectivity index (χ0) is 14.2. The molecule has 2 aliphatic heterocycles. The summed E-state index contributed by atoms with van der Waals surface area (Å²) in [5.74, 6) is -0.462. The molecule has 0 bridgehead atoms. The highest BCUT2D eigenvalue weighted by atomic mass is 16.6. The van der Waals surface area contributed by atoms with Crippen LogP contribution in [0.5, 0.6) is 0 Å². The van der Waals surface area contributed by atoms with Gasteiger partial charge in [0.1, 0.15) is 11.6 Å². The molecule has 108 valence electrons. The Morgan fingerprint density at radius 1 is 1.26 bits per heavy atom. The fraction of sp³-hybridized carbons (Fsp3) is 0.846. The quantitative estimate of drug-likeness (QED) is 0.754. The van der Waals surface area contributed by atoms with Crippen molar-refractivity contribution in [3.8, 4) is 0 Å². The summed E-state index contributed by atoms with van der Waals surface area (Å²) in [6.07, 6.45) is 1.73. The van der Waals surface area contributed by atoms with Crippen LogP contribution in [-0.4, -0.2) is 59.1 Å². The summed E-state index contributed by atoms with van der Waals surface area (Å²) in [4.78, 5) is 27.5. The molecule has 2 saturated heterocycles. The van der Waals surface area contributed by atoms with E-state index >= 15 is 0 Å². The maximum absolute atomic E-state index is 12.2. The minimum Gasteiger partial charge on any atom is -0.444 e. The molecule has 0 radical (unpaired) electrons. The molecule has 0 saturated carbocycles.